The number of hydrazine groups is 1. The number of piperidine rings is 1. The van der Waals surface area contributed by atoms with Crippen molar-refractivity contribution in [3.05, 3.63) is 0 Å². The lowest BCUT2D eigenvalue weighted by atomic mass is 9.93. The molecule has 92 valence electrons. The molecule has 0 aliphatic carbocycles. The van der Waals surface area contributed by atoms with Crippen molar-refractivity contribution in [2.24, 2.45) is 11.8 Å². The maximum Gasteiger partial charge on any atom is 0.0636 e. The highest BCUT2D eigenvalue weighted by molar-refractivity contribution is 4.91. The largest absolute Gasteiger partial charge is 0.378 e. The van der Waals surface area contributed by atoms with Crippen LogP contribution in [-0.2, 0) is 4.74 Å². The third-order valence-electron chi connectivity index (χ3n) is 4.38. The minimum absolute atomic E-state index is 0.677. The topological polar surface area (TPSA) is 15.7 Å². The summed E-state index contributed by atoms with van der Waals surface area (Å²) in [6.07, 6.45) is 4.07. The lowest BCUT2D eigenvalue weighted by molar-refractivity contribution is -0.155. The van der Waals surface area contributed by atoms with Crippen LogP contribution in [0.3, 0.4) is 0 Å². The first-order chi connectivity index (χ1) is 7.74. The molecule has 0 amide bonds. The summed E-state index contributed by atoms with van der Waals surface area (Å²) in [4.78, 5) is 0. The molecule has 2 bridgehead atoms. The number of nitrogens with zero attached hydrogens (tertiary/aromatic N) is 2. The van der Waals surface area contributed by atoms with Gasteiger partial charge in [-0.2, -0.15) is 0 Å². The second-order valence-electron chi connectivity index (χ2n) is 6.12. The Hall–Kier alpha value is -0.120. The van der Waals surface area contributed by atoms with Gasteiger partial charge in [-0.25, -0.2) is 10.0 Å². The zero-order valence-electron chi connectivity index (χ0n) is 10.6. The highest BCUT2D eigenvalue weighted by atomic mass is 16.5. The highest BCUT2D eigenvalue weighted by Crippen LogP contribution is 2.33. The number of fused-ring (bicyclic) bond motifs is 2. The van der Waals surface area contributed by atoms with E-state index in [4.69, 9.17) is 4.74 Å². The highest BCUT2D eigenvalue weighted by Gasteiger charge is 2.42. The molecule has 0 aromatic rings. The van der Waals surface area contributed by atoms with Gasteiger partial charge in [-0.3, -0.25) is 0 Å². The number of morpholine rings is 1. The minimum Gasteiger partial charge on any atom is -0.378 e. The van der Waals surface area contributed by atoms with Crippen molar-refractivity contribution in [3.63, 3.8) is 0 Å². The molecule has 3 rings (SSSR count). The molecule has 3 nitrogen and oxygen atoms in total. The summed E-state index contributed by atoms with van der Waals surface area (Å²) in [5.41, 5.74) is 0. The second kappa shape index (κ2) is 4.28. The van der Waals surface area contributed by atoms with E-state index in [0.29, 0.717) is 12.1 Å². The number of ether oxygens (including phenoxy) is 1. The van der Waals surface area contributed by atoms with Crippen LogP contribution in [0.4, 0.5) is 0 Å². The maximum absolute atomic E-state index is 5.66. The van der Waals surface area contributed by atoms with Crippen molar-refractivity contribution in [3.8, 4) is 0 Å². The van der Waals surface area contributed by atoms with Gasteiger partial charge in [-0.05, 0) is 31.1 Å². The summed E-state index contributed by atoms with van der Waals surface area (Å²) in [5.74, 6) is 1.71. The lowest BCUT2D eigenvalue weighted by Gasteiger charge is -2.47. The van der Waals surface area contributed by atoms with Crippen LogP contribution >= 0.6 is 0 Å². The molecule has 0 aromatic carbocycles. The van der Waals surface area contributed by atoms with E-state index in [2.05, 4.69) is 23.9 Å². The van der Waals surface area contributed by atoms with Crippen molar-refractivity contribution in [1.29, 1.82) is 0 Å². The summed E-state index contributed by atoms with van der Waals surface area (Å²) >= 11 is 0. The van der Waals surface area contributed by atoms with Gasteiger partial charge in [0.05, 0.1) is 13.2 Å². The lowest BCUT2D eigenvalue weighted by Crippen LogP contribution is -2.58. The predicted octanol–water partition coefficient (Wildman–Crippen LogP) is 1.74. The van der Waals surface area contributed by atoms with E-state index in [1.165, 1.54) is 32.4 Å². The van der Waals surface area contributed by atoms with Gasteiger partial charge in [0.1, 0.15) is 0 Å². The van der Waals surface area contributed by atoms with Crippen LogP contribution in [0.1, 0.15) is 33.1 Å². The molecule has 0 N–H and O–H groups in total. The number of rotatable bonds is 1. The van der Waals surface area contributed by atoms with Crippen molar-refractivity contribution in [2.75, 3.05) is 26.3 Å². The van der Waals surface area contributed by atoms with E-state index in [9.17, 15) is 0 Å². The molecular weight excluding hydrogens is 200 g/mol. The summed E-state index contributed by atoms with van der Waals surface area (Å²) in [6.45, 7) is 9.22. The Balaban J connectivity index is 1.72. The van der Waals surface area contributed by atoms with Crippen LogP contribution in [0, 0.1) is 11.8 Å². The van der Waals surface area contributed by atoms with E-state index >= 15 is 0 Å². The van der Waals surface area contributed by atoms with Gasteiger partial charge in [-0.15, -0.1) is 0 Å². The first-order valence-corrected chi connectivity index (χ1v) is 6.85. The third-order valence-corrected chi connectivity index (χ3v) is 4.38. The second-order valence-corrected chi connectivity index (χ2v) is 6.12. The van der Waals surface area contributed by atoms with Crippen molar-refractivity contribution in [1.82, 2.24) is 10.0 Å². The zero-order chi connectivity index (χ0) is 11.1. The molecule has 16 heavy (non-hydrogen) atoms. The fourth-order valence-electron chi connectivity index (χ4n) is 3.89. The minimum atomic E-state index is 0.677. The SMILES string of the molecule is CC1CC(C)CN(N2C3CCC2COC3)C1. The van der Waals surface area contributed by atoms with Crippen LogP contribution < -0.4 is 0 Å². The van der Waals surface area contributed by atoms with E-state index in [0.717, 1.165) is 25.0 Å². The third kappa shape index (κ3) is 1.89. The van der Waals surface area contributed by atoms with Gasteiger partial charge < -0.3 is 4.74 Å². The number of hydrogen-bond donors (Lipinski definition) is 0. The predicted molar refractivity (Wildman–Crippen MR) is 64.0 cm³/mol. The van der Waals surface area contributed by atoms with Gasteiger partial charge in [-0.1, -0.05) is 13.8 Å². The first-order valence-electron chi connectivity index (χ1n) is 6.85. The Morgan fingerprint density at radius 1 is 0.938 bits per heavy atom. The molecule has 3 aliphatic rings. The molecule has 3 aliphatic heterocycles. The monoisotopic (exact) mass is 224 g/mol. The van der Waals surface area contributed by atoms with Crippen molar-refractivity contribution >= 4 is 0 Å². The van der Waals surface area contributed by atoms with Crippen LogP contribution in [0.2, 0.25) is 0 Å². The molecule has 0 spiro atoms. The summed E-state index contributed by atoms with van der Waals surface area (Å²) < 4.78 is 5.66. The molecule has 4 unspecified atom stereocenters. The van der Waals surface area contributed by atoms with Crippen LogP contribution in [0.15, 0.2) is 0 Å². The number of hydrogen-bond acceptors (Lipinski definition) is 3. The van der Waals surface area contributed by atoms with Crippen molar-refractivity contribution < 1.29 is 4.74 Å². The van der Waals surface area contributed by atoms with Crippen LogP contribution in [-0.4, -0.2) is 48.4 Å². The van der Waals surface area contributed by atoms with Gasteiger partial charge in [0, 0.05) is 25.2 Å². The van der Waals surface area contributed by atoms with Gasteiger partial charge in [0.15, 0.2) is 0 Å². The molecule has 3 saturated heterocycles. The van der Waals surface area contributed by atoms with Gasteiger partial charge in [0.2, 0.25) is 0 Å². The molecule has 3 fully saturated rings. The average molecular weight is 224 g/mol. The van der Waals surface area contributed by atoms with Crippen LogP contribution in [0.25, 0.3) is 0 Å². The Morgan fingerprint density at radius 2 is 1.50 bits per heavy atom. The van der Waals surface area contributed by atoms with E-state index in [-0.39, 0.29) is 0 Å². The average Bonchev–Trinajstić information content (AvgIpc) is 2.47. The van der Waals surface area contributed by atoms with Gasteiger partial charge >= 0.3 is 0 Å². The van der Waals surface area contributed by atoms with Gasteiger partial charge in [0.25, 0.3) is 0 Å². The van der Waals surface area contributed by atoms with E-state index < -0.39 is 0 Å². The molecule has 0 aromatic heterocycles. The van der Waals surface area contributed by atoms with E-state index in [1.807, 2.05) is 0 Å². The zero-order valence-corrected chi connectivity index (χ0v) is 10.6. The van der Waals surface area contributed by atoms with Crippen LogP contribution in [0.5, 0.6) is 0 Å². The quantitative estimate of drug-likeness (QED) is 0.675. The normalized spacial score (nSPS) is 46.1. The summed E-state index contributed by atoms with van der Waals surface area (Å²) in [5, 5.41) is 5.32. The molecule has 3 heterocycles. The molecule has 0 radical (unpaired) electrons. The van der Waals surface area contributed by atoms with E-state index in [1.54, 1.807) is 0 Å². The molecular formula is C13H24N2O. The summed E-state index contributed by atoms with van der Waals surface area (Å²) in [7, 11) is 0. The first kappa shape index (κ1) is 11.0. The molecule has 0 saturated carbocycles. The molecule has 3 heteroatoms. The Kier molecular flexibility index (Phi) is 2.94. The Labute approximate surface area is 98.7 Å². The molecule has 4 atom stereocenters. The Bertz CT molecular complexity index is 232. The Morgan fingerprint density at radius 3 is 2.06 bits per heavy atom. The fourth-order valence-corrected chi connectivity index (χ4v) is 3.89. The smallest absolute Gasteiger partial charge is 0.0636 e. The fraction of sp³-hybridized carbons (Fsp3) is 1.00. The summed E-state index contributed by atoms with van der Waals surface area (Å²) in [6, 6.07) is 1.35. The standard InChI is InChI=1S/C13H24N2O/c1-10-5-11(2)7-14(6-10)15-12-3-4-13(15)9-16-8-12/h10-13H,3-9H2,1-2H3. The maximum atomic E-state index is 5.66. The van der Waals surface area contributed by atoms with Crippen molar-refractivity contribution in [2.45, 2.75) is 45.2 Å².